The highest BCUT2D eigenvalue weighted by Crippen LogP contribution is 2.34. The molecule has 2 unspecified atom stereocenters. The van der Waals surface area contributed by atoms with E-state index in [-0.39, 0.29) is 11.4 Å². The number of carbonyl (C=O) groups excluding carboxylic acids is 1. The van der Waals surface area contributed by atoms with Gasteiger partial charge in [0.2, 0.25) is 0 Å². The average molecular weight is 322 g/mol. The third-order valence-corrected chi connectivity index (χ3v) is 5.93. The van der Waals surface area contributed by atoms with Crippen molar-refractivity contribution in [2.24, 2.45) is 5.92 Å². The Bertz CT molecular complexity index is 653. The van der Waals surface area contributed by atoms with Gasteiger partial charge < -0.3 is 5.32 Å². The van der Waals surface area contributed by atoms with Gasteiger partial charge in [0, 0.05) is 21.3 Å². The Morgan fingerprint density at radius 2 is 2.29 bits per heavy atom. The van der Waals surface area contributed by atoms with E-state index in [1.807, 2.05) is 23.6 Å². The van der Waals surface area contributed by atoms with E-state index in [1.54, 1.807) is 11.3 Å². The molecule has 3 rings (SSSR count). The van der Waals surface area contributed by atoms with Crippen LogP contribution in [0.3, 0.4) is 0 Å². The molecule has 2 atom stereocenters. The molecule has 0 radical (unpaired) electrons. The summed E-state index contributed by atoms with van der Waals surface area (Å²) in [5.74, 6) is 1.13. The van der Waals surface area contributed by atoms with Gasteiger partial charge in [0.1, 0.15) is 0 Å². The summed E-state index contributed by atoms with van der Waals surface area (Å²) in [6.45, 7) is 2.24. The molecule has 1 N–H and O–H groups in total. The molecule has 2 aromatic rings. The number of thiophene rings is 1. The van der Waals surface area contributed by atoms with E-state index in [4.69, 9.17) is 11.6 Å². The van der Waals surface area contributed by atoms with Crippen molar-refractivity contribution < 1.29 is 4.79 Å². The number of benzene rings is 1. The van der Waals surface area contributed by atoms with E-state index in [1.165, 1.54) is 6.42 Å². The van der Waals surface area contributed by atoms with Crippen molar-refractivity contribution in [2.45, 2.75) is 38.1 Å². The SMILES string of the molecule is CC1CCCC(CCl)(NC(=O)c2csc3ccccc23)C1. The van der Waals surface area contributed by atoms with Crippen LogP contribution in [0.1, 0.15) is 43.0 Å². The third kappa shape index (κ3) is 2.95. The van der Waals surface area contributed by atoms with Crippen molar-refractivity contribution in [1.29, 1.82) is 0 Å². The van der Waals surface area contributed by atoms with Gasteiger partial charge in [0.05, 0.1) is 11.1 Å². The molecule has 1 aliphatic rings. The standard InChI is InChI=1S/C17H20ClNOS/c1-12-5-4-8-17(9-12,11-18)19-16(20)14-10-21-15-7-3-2-6-13(14)15/h2-3,6-7,10,12H,4-5,8-9,11H2,1H3,(H,19,20). The lowest BCUT2D eigenvalue weighted by molar-refractivity contribution is 0.0869. The highest BCUT2D eigenvalue weighted by Gasteiger charge is 2.36. The highest BCUT2D eigenvalue weighted by atomic mass is 35.5. The van der Waals surface area contributed by atoms with Gasteiger partial charge in [-0.3, -0.25) is 4.79 Å². The third-order valence-electron chi connectivity index (χ3n) is 4.45. The van der Waals surface area contributed by atoms with Gasteiger partial charge in [-0.15, -0.1) is 22.9 Å². The van der Waals surface area contributed by atoms with E-state index in [0.29, 0.717) is 11.8 Å². The molecule has 1 aliphatic carbocycles. The van der Waals surface area contributed by atoms with Crippen LogP contribution in [0.2, 0.25) is 0 Å². The van der Waals surface area contributed by atoms with Gasteiger partial charge in [0.25, 0.3) is 5.91 Å². The van der Waals surface area contributed by atoms with Crippen LogP contribution >= 0.6 is 22.9 Å². The zero-order chi connectivity index (χ0) is 14.9. The summed E-state index contributed by atoms with van der Waals surface area (Å²) in [6.07, 6.45) is 4.33. The lowest BCUT2D eigenvalue weighted by atomic mass is 9.77. The summed E-state index contributed by atoms with van der Waals surface area (Å²) in [5, 5.41) is 6.23. The number of carbonyl (C=O) groups is 1. The van der Waals surface area contributed by atoms with Crippen LogP contribution in [-0.2, 0) is 0 Å². The molecular formula is C17H20ClNOS. The van der Waals surface area contributed by atoms with E-state index >= 15 is 0 Å². The topological polar surface area (TPSA) is 29.1 Å². The molecule has 1 aromatic carbocycles. The number of alkyl halides is 1. The maximum absolute atomic E-state index is 12.7. The molecule has 0 bridgehead atoms. The Kier molecular flexibility index (Phi) is 4.23. The van der Waals surface area contributed by atoms with Crippen LogP contribution < -0.4 is 5.32 Å². The molecule has 0 aliphatic heterocycles. The summed E-state index contributed by atoms with van der Waals surface area (Å²) in [5.41, 5.74) is 0.539. The van der Waals surface area contributed by atoms with Crippen LogP contribution in [-0.4, -0.2) is 17.3 Å². The molecule has 1 fully saturated rings. The minimum absolute atomic E-state index is 0.0159. The first-order valence-electron chi connectivity index (χ1n) is 7.48. The van der Waals surface area contributed by atoms with Crippen molar-refractivity contribution >= 4 is 38.9 Å². The molecule has 1 amide bonds. The molecule has 0 saturated heterocycles. The minimum Gasteiger partial charge on any atom is -0.345 e. The first kappa shape index (κ1) is 14.9. The molecule has 2 nitrogen and oxygen atoms in total. The number of rotatable bonds is 3. The number of hydrogen-bond acceptors (Lipinski definition) is 2. The zero-order valence-electron chi connectivity index (χ0n) is 12.2. The highest BCUT2D eigenvalue weighted by molar-refractivity contribution is 7.17. The van der Waals surface area contributed by atoms with Gasteiger partial charge in [-0.1, -0.05) is 38.0 Å². The van der Waals surface area contributed by atoms with Gasteiger partial charge in [-0.05, 0) is 24.8 Å². The summed E-state index contributed by atoms with van der Waals surface area (Å²) in [6, 6.07) is 8.05. The quantitative estimate of drug-likeness (QED) is 0.807. The molecule has 1 aromatic heterocycles. The van der Waals surface area contributed by atoms with Gasteiger partial charge in [-0.2, -0.15) is 0 Å². The second-order valence-corrected chi connectivity index (χ2v) is 7.39. The van der Waals surface area contributed by atoms with Crippen LogP contribution in [0.4, 0.5) is 0 Å². The van der Waals surface area contributed by atoms with Crippen LogP contribution in [0.15, 0.2) is 29.6 Å². The zero-order valence-corrected chi connectivity index (χ0v) is 13.8. The predicted molar refractivity (Wildman–Crippen MR) is 90.4 cm³/mol. The molecule has 21 heavy (non-hydrogen) atoms. The van der Waals surface area contributed by atoms with Crippen molar-refractivity contribution in [2.75, 3.05) is 5.88 Å². The largest absolute Gasteiger partial charge is 0.345 e. The summed E-state index contributed by atoms with van der Waals surface area (Å²) >= 11 is 7.83. The van der Waals surface area contributed by atoms with Crippen LogP contribution in [0.5, 0.6) is 0 Å². The van der Waals surface area contributed by atoms with Gasteiger partial charge in [0.15, 0.2) is 0 Å². The maximum atomic E-state index is 12.7. The lowest BCUT2D eigenvalue weighted by Crippen LogP contribution is -2.52. The Balaban J connectivity index is 1.85. The average Bonchev–Trinajstić information content (AvgIpc) is 2.91. The van der Waals surface area contributed by atoms with Crippen molar-refractivity contribution in [1.82, 2.24) is 5.32 Å². The first-order chi connectivity index (χ1) is 10.1. The van der Waals surface area contributed by atoms with Crippen LogP contribution in [0.25, 0.3) is 10.1 Å². The van der Waals surface area contributed by atoms with E-state index in [0.717, 1.165) is 34.9 Å². The fraction of sp³-hybridized carbons (Fsp3) is 0.471. The number of fused-ring (bicyclic) bond motifs is 1. The van der Waals surface area contributed by atoms with Crippen molar-refractivity contribution in [3.05, 3.63) is 35.2 Å². The lowest BCUT2D eigenvalue weighted by Gasteiger charge is -2.39. The Hall–Kier alpha value is -1.06. The predicted octanol–water partition coefficient (Wildman–Crippen LogP) is 4.82. The summed E-state index contributed by atoms with van der Waals surface area (Å²) < 4.78 is 1.15. The second kappa shape index (κ2) is 5.98. The molecule has 1 saturated carbocycles. The number of halogens is 1. The minimum atomic E-state index is -0.237. The fourth-order valence-corrected chi connectivity index (χ4v) is 4.64. The smallest absolute Gasteiger partial charge is 0.253 e. The maximum Gasteiger partial charge on any atom is 0.253 e. The number of hydrogen-bond donors (Lipinski definition) is 1. The van der Waals surface area contributed by atoms with Gasteiger partial charge >= 0.3 is 0 Å². The monoisotopic (exact) mass is 321 g/mol. The van der Waals surface area contributed by atoms with Crippen LogP contribution in [0, 0.1) is 5.92 Å². The van der Waals surface area contributed by atoms with Crippen molar-refractivity contribution in [3.63, 3.8) is 0 Å². The van der Waals surface area contributed by atoms with Crippen molar-refractivity contribution in [3.8, 4) is 0 Å². The number of amides is 1. The molecule has 112 valence electrons. The summed E-state index contributed by atoms with van der Waals surface area (Å²) in [7, 11) is 0. The fourth-order valence-electron chi connectivity index (χ4n) is 3.39. The van der Waals surface area contributed by atoms with E-state index in [2.05, 4.69) is 18.3 Å². The second-order valence-electron chi connectivity index (χ2n) is 6.22. The first-order valence-corrected chi connectivity index (χ1v) is 8.90. The van der Waals surface area contributed by atoms with Gasteiger partial charge in [-0.25, -0.2) is 0 Å². The van der Waals surface area contributed by atoms with E-state index in [9.17, 15) is 4.79 Å². The Morgan fingerprint density at radius 1 is 1.48 bits per heavy atom. The summed E-state index contributed by atoms with van der Waals surface area (Å²) in [4.78, 5) is 12.7. The Morgan fingerprint density at radius 3 is 3.05 bits per heavy atom. The molecule has 4 heteroatoms. The molecular weight excluding hydrogens is 302 g/mol. The Labute approximate surface area is 134 Å². The molecule has 0 spiro atoms. The number of nitrogens with one attached hydrogen (secondary N) is 1. The van der Waals surface area contributed by atoms with E-state index < -0.39 is 0 Å². The normalized spacial score (nSPS) is 25.9. The molecule has 1 heterocycles.